The van der Waals surface area contributed by atoms with Crippen LogP contribution in [0.25, 0.3) is 0 Å². The molecule has 0 aliphatic heterocycles. The normalized spacial score (nSPS) is 19.2. The van der Waals surface area contributed by atoms with E-state index < -0.39 is 10.0 Å². The van der Waals surface area contributed by atoms with E-state index in [0.29, 0.717) is 28.5 Å². The first-order valence-electron chi connectivity index (χ1n) is 7.72. The number of aliphatic hydroxyl groups is 1. The molecule has 4 nitrogen and oxygen atoms in total. The fraction of sp³-hybridized carbons (Fsp3) is 0.625. The van der Waals surface area contributed by atoms with Crippen LogP contribution in [0.5, 0.6) is 0 Å². The highest BCUT2D eigenvalue weighted by atomic mass is 32.2. The third-order valence-electron chi connectivity index (χ3n) is 4.82. The van der Waals surface area contributed by atoms with Gasteiger partial charge in [0.1, 0.15) is 0 Å². The molecule has 0 heterocycles. The lowest BCUT2D eigenvalue weighted by molar-refractivity contribution is 0.280. The summed E-state index contributed by atoms with van der Waals surface area (Å²) in [5, 5.41) is 9.27. The lowest BCUT2D eigenvalue weighted by atomic mass is 9.99. The van der Waals surface area contributed by atoms with E-state index in [1.165, 1.54) is 25.7 Å². The molecule has 2 aliphatic carbocycles. The number of rotatable bonds is 7. The lowest BCUT2D eigenvalue weighted by Crippen LogP contribution is -2.31. The minimum atomic E-state index is -3.49. The minimum absolute atomic E-state index is 0.137. The highest BCUT2D eigenvalue weighted by Crippen LogP contribution is 2.48. The summed E-state index contributed by atoms with van der Waals surface area (Å²) in [5.74, 6) is 1.97. The molecule has 0 radical (unpaired) electrons. The molecule has 2 fully saturated rings. The largest absolute Gasteiger partial charge is 0.392 e. The number of nitrogens with one attached hydrogen (secondary N) is 1. The highest BCUT2D eigenvalue weighted by molar-refractivity contribution is 7.89. The zero-order valence-electron chi connectivity index (χ0n) is 12.4. The molecular formula is C16H23NO3S. The number of aliphatic hydroxyl groups excluding tert-OH is 1. The predicted molar refractivity (Wildman–Crippen MR) is 81.2 cm³/mol. The van der Waals surface area contributed by atoms with Gasteiger partial charge in [0, 0.05) is 6.54 Å². The van der Waals surface area contributed by atoms with Crippen LogP contribution in [0.3, 0.4) is 0 Å². The Morgan fingerprint density at radius 3 is 2.38 bits per heavy atom. The average Bonchev–Trinajstić information content (AvgIpc) is 3.32. The van der Waals surface area contributed by atoms with Crippen molar-refractivity contribution in [3.63, 3.8) is 0 Å². The fourth-order valence-corrected chi connectivity index (χ4v) is 4.53. The van der Waals surface area contributed by atoms with Crippen molar-refractivity contribution in [3.8, 4) is 0 Å². The van der Waals surface area contributed by atoms with Gasteiger partial charge < -0.3 is 5.11 Å². The average molecular weight is 309 g/mol. The molecule has 1 aromatic carbocycles. The van der Waals surface area contributed by atoms with E-state index in [4.69, 9.17) is 0 Å². The Morgan fingerprint density at radius 1 is 1.24 bits per heavy atom. The van der Waals surface area contributed by atoms with Crippen LogP contribution in [0.15, 0.2) is 23.1 Å². The molecule has 0 bridgehead atoms. The molecule has 5 heteroatoms. The molecule has 0 amide bonds. The quantitative estimate of drug-likeness (QED) is 0.811. The number of sulfonamides is 1. The third-order valence-corrected chi connectivity index (χ3v) is 6.39. The van der Waals surface area contributed by atoms with Gasteiger partial charge in [0.2, 0.25) is 10.0 Å². The van der Waals surface area contributed by atoms with Gasteiger partial charge in [-0.2, -0.15) is 0 Å². The van der Waals surface area contributed by atoms with Gasteiger partial charge in [-0.05, 0) is 67.6 Å². The van der Waals surface area contributed by atoms with Crippen molar-refractivity contribution in [2.45, 2.75) is 44.1 Å². The van der Waals surface area contributed by atoms with Gasteiger partial charge in [-0.25, -0.2) is 13.1 Å². The Labute approximate surface area is 126 Å². The second kappa shape index (κ2) is 5.71. The summed E-state index contributed by atoms with van der Waals surface area (Å²) in [4.78, 5) is 0.291. The molecule has 21 heavy (non-hydrogen) atoms. The molecule has 2 N–H and O–H groups in total. The first kappa shape index (κ1) is 15.0. The fourth-order valence-electron chi connectivity index (χ4n) is 3.17. The van der Waals surface area contributed by atoms with Crippen LogP contribution in [0, 0.1) is 24.7 Å². The Balaban J connectivity index is 1.74. The second-order valence-electron chi connectivity index (χ2n) is 6.39. The first-order valence-corrected chi connectivity index (χ1v) is 9.20. The molecule has 0 atom stereocenters. The van der Waals surface area contributed by atoms with Crippen molar-refractivity contribution >= 4 is 10.0 Å². The van der Waals surface area contributed by atoms with E-state index in [1.807, 2.05) is 0 Å². The molecule has 3 rings (SSSR count). The molecule has 1 aromatic rings. The van der Waals surface area contributed by atoms with E-state index in [0.717, 1.165) is 11.8 Å². The minimum Gasteiger partial charge on any atom is -0.392 e. The van der Waals surface area contributed by atoms with Crippen LogP contribution >= 0.6 is 0 Å². The van der Waals surface area contributed by atoms with Gasteiger partial charge >= 0.3 is 0 Å². The Bertz CT molecular complexity index is 606. The zero-order chi connectivity index (χ0) is 15.0. The summed E-state index contributed by atoms with van der Waals surface area (Å²) in [6.45, 7) is 2.17. The summed E-state index contributed by atoms with van der Waals surface area (Å²) in [7, 11) is -3.49. The van der Waals surface area contributed by atoms with E-state index in [2.05, 4.69) is 4.72 Å². The molecule has 2 aliphatic rings. The molecule has 0 aromatic heterocycles. The molecule has 0 unspecified atom stereocenters. The van der Waals surface area contributed by atoms with Crippen LogP contribution in [0.2, 0.25) is 0 Å². The van der Waals surface area contributed by atoms with Crippen molar-refractivity contribution in [1.82, 2.24) is 4.72 Å². The topological polar surface area (TPSA) is 66.4 Å². The van der Waals surface area contributed by atoms with Crippen molar-refractivity contribution in [2.75, 3.05) is 6.54 Å². The van der Waals surface area contributed by atoms with Crippen LogP contribution in [-0.2, 0) is 16.6 Å². The summed E-state index contributed by atoms with van der Waals surface area (Å²) in [5.41, 5.74) is 1.31. The van der Waals surface area contributed by atoms with Gasteiger partial charge in [0.25, 0.3) is 0 Å². The van der Waals surface area contributed by atoms with Gasteiger partial charge in [0.15, 0.2) is 0 Å². The second-order valence-corrected chi connectivity index (χ2v) is 8.12. The summed E-state index contributed by atoms with van der Waals surface area (Å²) >= 11 is 0. The molecular weight excluding hydrogens is 286 g/mol. The van der Waals surface area contributed by atoms with Crippen molar-refractivity contribution in [1.29, 1.82) is 0 Å². The van der Waals surface area contributed by atoms with E-state index >= 15 is 0 Å². The first-order chi connectivity index (χ1) is 10.0. The van der Waals surface area contributed by atoms with Gasteiger partial charge in [-0.3, -0.25) is 0 Å². The Kier molecular flexibility index (Phi) is 4.08. The summed E-state index contributed by atoms with van der Waals surface area (Å²) in [6, 6.07) is 5.05. The highest BCUT2D eigenvalue weighted by Gasteiger charge is 2.41. The molecule has 0 spiro atoms. The van der Waals surface area contributed by atoms with Gasteiger partial charge in [0.05, 0.1) is 11.5 Å². The van der Waals surface area contributed by atoms with Crippen LogP contribution < -0.4 is 4.72 Å². The Morgan fingerprint density at radius 2 is 1.86 bits per heavy atom. The van der Waals surface area contributed by atoms with E-state index in [9.17, 15) is 13.5 Å². The molecule has 116 valence electrons. The van der Waals surface area contributed by atoms with Gasteiger partial charge in [-0.1, -0.05) is 12.1 Å². The number of hydrogen-bond donors (Lipinski definition) is 2. The standard InChI is InChI=1S/C16H23NO3S/c1-11-14(10-18)3-2-4-16(11)21(19,20)17-9-15(12-5-6-12)13-7-8-13/h2-4,12-13,15,17-18H,5-10H2,1H3. The summed E-state index contributed by atoms with van der Waals surface area (Å²) in [6.07, 6.45) is 5.01. The van der Waals surface area contributed by atoms with Crippen molar-refractivity contribution < 1.29 is 13.5 Å². The van der Waals surface area contributed by atoms with Crippen LogP contribution in [-0.4, -0.2) is 20.1 Å². The predicted octanol–water partition coefficient (Wildman–Crippen LogP) is 2.20. The number of benzene rings is 1. The molecule has 2 saturated carbocycles. The lowest BCUT2D eigenvalue weighted by Gasteiger charge is -2.17. The monoisotopic (exact) mass is 309 g/mol. The maximum Gasteiger partial charge on any atom is 0.240 e. The zero-order valence-corrected chi connectivity index (χ0v) is 13.2. The van der Waals surface area contributed by atoms with Crippen LogP contribution in [0.4, 0.5) is 0 Å². The Hall–Kier alpha value is -0.910. The van der Waals surface area contributed by atoms with E-state index in [-0.39, 0.29) is 6.61 Å². The van der Waals surface area contributed by atoms with Crippen molar-refractivity contribution in [3.05, 3.63) is 29.3 Å². The van der Waals surface area contributed by atoms with E-state index in [1.54, 1.807) is 25.1 Å². The van der Waals surface area contributed by atoms with Crippen LogP contribution in [0.1, 0.15) is 36.8 Å². The van der Waals surface area contributed by atoms with Crippen molar-refractivity contribution in [2.24, 2.45) is 17.8 Å². The molecule has 0 saturated heterocycles. The maximum absolute atomic E-state index is 12.5. The SMILES string of the molecule is Cc1c(CO)cccc1S(=O)(=O)NCC(C1CC1)C1CC1. The maximum atomic E-state index is 12.5. The number of hydrogen-bond acceptors (Lipinski definition) is 3. The third kappa shape index (κ3) is 3.30. The van der Waals surface area contributed by atoms with Gasteiger partial charge in [-0.15, -0.1) is 0 Å². The smallest absolute Gasteiger partial charge is 0.240 e. The summed E-state index contributed by atoms with van der Waals surface area (Å²) < 4.78 is 27.8.